The fourth-order valence-electron chi connectivity index (χ4n) is 1.48. The van der Waals surface area contributed by atoms with E-state index in [1.54, 1.807) is 6.92 Å². The zero-order valence-corrected chi connectivity index (χ0v) is 9.64. The van der Waals surface area contributed by atoms with Gasteiger partial charge in [-0.15, -0.1) is 0 Å². The molecule has 6 heteroatoms. The smallest absolute Gasteiger partial charge is 0.399 e. The SMILES string of the molecule is COCC(C)Nc1ccc(N)cc1C(F)(F)F. The van der Waals surface area contributed by atoms with E-state index in [4.69, 9.17) is 10.5 Å². The van der Waals surface area contributed by atoms with Gasteiger partial charge < -0.3 is 15.8 Å². The summed E-state index contributed by atoms with van der Waals surface area (Å²) in [5.41, 5.74) is 4.69. The van der Waals surface area contributed by atoms with Crippen molar-refractivity contribution in [2.45, 2.75) is 19.1 Å². The quantitative estimate of drug-likeness (QED) is 0.805. The van der Waals surface area contributed by atoms with Gasteiger partial charge in [-0.25, -0.2) is 0 Å². The maximum Gasteiger partial charge on any atom is 0.418 e. The second kappa shape index (κ2) is 5.27. The first kappa shape index (κ1) is 13.6. The minimum absolute atomic E-state index is 0.0104. The molecule has 0 spiro atoms. The van der Waals surface area contributed by atoms with E-state index >= 15 is 0 Å². The lowest BCUT2D eigenvalue weighted by molar-refractivity contribution is -0.136. The van der Waals surface area contributed by atoms with Gasteiger partial charge in [-0.3, -0.25) is 0 Å². The lowest BCUT2D eigenvalue weighted by atomic mass is 10.1. The number of hydrogen-bond donors (Lipinski definition) is 2. The van der Waals surface area contributed by atoms with Gasteiger partial charge in [0.2, 0.25) is 0 Å². The van der Waals surface area contributed by atoms with Gasteiger partial charge in [-0.1, -0.05) is 0 Å². The van der Waals surface area contributed by atoms with Gasteiger partial charge in [0, 0.05) is 24.5 Å². The number of methoxy groups -OCH3 is 1. The molecule has 1 aromatic carbocycles. The van der Waals surface area contributed by atoms with Crippen molar-refractivity contribution in [2.75, 3.05) is 24.8 Å². The van der Waals surface area contributed by atoms with E-state index in [1.165, 1.54) is 19.2 Å². The Bertz CT molecular complexity index is 379. The molecule has 1 rings (SSSR count). The Kier molecular flexibility index (Phi) is 4.22. The number of halogens is 3. The van der Waals surface area contributed by atoms with Gasteiger partial charge in [0.25, 0.3) is 0 Å². The third-order valence-electron chi connectivity index (χ3n) is 2.17. The molecule has 0 saturated carbocycles. The average Bonchev–Trinajstić information content (AvgIpc) is 2.19. The number of nitrogens with two attached hydrogens (primary N) is 1. The Labute approximate surface area is 97.8 Å². The average molecular weight is 248 g/mol. The molecule has 0 heterocycles. The Morgan fingerprint density at radius 1 is 1.41 bits per heavy atom. The molecule has 0 aliphatic carbocycles. The maximum atomic E-state index is 12.7. The number of ether oxygens (including phenoxy) is 1. The van der Waals surface area contributed by atoms with Crippen molar-refractivity contribution in [3.63, 3.8) is 0 Å². The third-order valence-corrected chi connectivity index (χ3v) is 2.17. The van der Waals surface area contributed by atoms with Crippen molar-refractivity contribution in [2.24, 2.45) is 0 Å². The van der Waals surface area contributed by atoms with E-state index in [2.05, 4.69) is 5.32 Å². The topological polar surface area (TPSA) is 47.3 Å². The summed E-state index contributed by atoms with van der Waals surface area (Å²) in [5.74, 6) is 0. The van der Waals surface area contributed by atoms with Crippen LogP contribution in [0.3, 0.4) is 0 Å². The molecule has 0 fully saturated rings. The van der Waals surface area contributed by atoms with Gasteiger partial charge >= 0.3 is 6.18 Å². The molecule has 0 saturated heterocycles. The molecule has 96 valence electrons. The predicted molar refractivity (Wildman–Crippen MR) is 60.8 cm³/mol. The molecule has 3 nitrogen and oxygen atoms in total. The second-order valence-electron chi connectivity index (χ2n) is 3.80. The fourth-order valence-corrected chi connectivity index (χ4v) is 1.48. The maximum absolute atomic E-state index is 12.7. The summed E-state index contributed by atoms with van der Waals surface area (Å²) >= 11 is 0. The number of hydrogen-bond acceptors (Lipinski definition) is 3. The van der Waals surface area contributed by atoms with Crippen molar-refractivity contribution in [1.82, 2.24) is 0 Å². The fraction of sp³-hybridized carbons (Fsp3) is 0.455. The summed E-state index contributed by atoms with van der Waals surface area (Å²) in [5, 5.41) is 2.74. The molecule has 17 heavy (non-hydrogen) atoms. The van der Waals surface area contributed by atoms with E-state index in [9.17, 15) is 13.2 Å². The standard InChI is InChI=1S/C11H15F3N2O/c1-7(6-17-2)16-10-4-3-8(15)5-9(10)11(12,13)14/h3-5,7,16H,6,15H2,1-2H3. The van der Waals surface area contributed by atoms with Crippen LogP contribution in [0.15, 0.2) is 18.2 Å². The monoisotopic (exact) mass is 248 g/mol. The zero-order valence-electron chi connectivity index (χ0n) is 9.64. The number of benzene rings is 1. The molecule has 3 N–H and O–H groups in total. The van der Waals surface area contributed by atoms with Crippen molar-refractivity contribution < 1.29 is 17.9 Å². The highest BCUT2D eigenvalue weighted by atomic mass is 19.4. The highest BCUT2D eigenvalue weighted by Gasteiger charge is 2.33. The van der Waals surface area contributed by atoms with Crippen LogP contribution in [0.2, 0.25) is 0 Å². The van der Waals surface area contributed by atoms with Crippen LogP contribution >= 0.6 is 0 Å². The normalized spacial score (nSPS) is 13.5. The number of rotatable bonds is 4. The molecule has 0 bridgehead atoms. The summed E-state index contributed by atoms with van der Waals surface area (Å²) < 4.78 is 43.1. The van der Waals surface area contributed by atoms with Crippen LogP contribution < -0.4 is 11.1 Å². The number of nitrogens with one attached hydrogen (secondary N) is 1. The van der Waals surface area contributed by atoms with Crippen LogP contribution in [0, 0.1) is 0 Å². The minimum Gasteiger partial charge on any atom is -0.399 e. The first-order valence-corrected chi connectivity index (χ1v) is 5.06. The zero-order chi connectivity index (χ0) is 13.1. The summed E-state index contributed by atoms with van der Waals surface area (Å²) in [6, 6.07) is 3.45. The van der Waals surface area contributed by atoms with Crippen LogP contribution in [-0.2, 0) is 10.9 Å². The first-order chi connectivity index (χ1) is 7.84. The van der Waals surface area contributed by atoms with E-state index < -0.39 is 11.7 Å². The Balaban J connectivity index is 2.99. The van der Waals surface area contributed by atoms with Crippen LogP contribution in [0.25, 0.3) is 0 Å². The molecule has 1 aromatic rings. The van der Waals surface area contributed by atoms with E-state index in [1.807, 2.05) is 0 Å². The molecular formula is C11H15F3N2O. The Hall–Kier alpha value is -1.43. The Morgan fingerprint density at radius 2 is 2.06 bits per heavy atom. The first-order valence-electron chi connectivity index (χ1n) is 5.06. The molecule has 0 aliphatic rings. The summed E-state index contributed by atoms with van der Waals surface area (Å²) in [6.45, 7) is 2.06. The lowest BCUT2D eigenvalue weighted by Crippen LogP contribution is -2.23. The van der Waals surface area contributed by atoms with Gasteiger partial charge in [0.1, 0.15) is 0 Å². The molecule has 0 amide bonds. The summed E-state index contributed by atoms with van der Waals surface area (Å²) in [4.78, 5) is 0. The van der Waals surface area contributed by atoms with Gasteiger partial charge in [-0.05, 0) is 25.1 Å². The van der Waals surface area contributed by atoms with Crippen molar-refractivity contribution in [3.05, 3.63) is 23.8 Å². The van der Waals surface area contributed by atoms with Crippen molar-refractivity contribution >= 4 is 11.4 Å². The van der Waals surface area contributed by atoms with E-state index in [0.717, 1.165) is 6.07 Å². The molecule has 0 aliphatic heterocycles. The molecule has 0 aromatic heterocycles. The summed E-state index contributed by atoms with van der Waals surface area (Å²) in [6.07, 6.45) is -4.43. The highest BCUT2D eigenvalue weighted by Crippen LogP contribution is 2.36. The van der Waals surface area contributed by atoms with Crippen LogP contribution in [0.1, 0.15) is 12.5 Å². The van der Waals surface area contributed by atoms with Gasteiger partial charge in [0.15, 0.2) is 0 Å². The molecule has 1 unspecified atom stereocenters. The summed E-state index contributed by atoms with van der Waals surface area (Å²) in [7, 11) is 1.49. The van der Waals surface area contributed by atoms with Crippen molar-refractivity contribution in [1.29, 1.82) is 0 Å². The second-order valence-corrected chi connectivity index (χ2v) is 3.80. The van der Waals surface area contributed by atoms with Gasteiger partial charge in [-0.2, -0.15) is 13.2 Å². The third kappa shape index (κ3) is 3.81. The highest BCUT2D eigenvalue weighted by molar-refractivity contribution is 5.59. The minimum atomic E-state index is -4.43. The molecular weight excluding hydrogens is 233 g/mol. The van der Waals surface area contributed by atoms with Crippen LogP contribution in [0.5, 0.6) is 0 Å². The van der Waals surface area contributed by atoms with Gasteiger partial charge in [0.05, 0.1) is 12.2 Å². The van der Waals surface area contributed by atoms with Crippen LogP contribution in [-0.4, -0.2) is 19.8 Å². The van der Waals surface area contributed by atoms with E-state index in [-0.39, 0.29) is 17.4 Å². The largest absolute Gasteiger partial charge is 0.418 e. The molecule has 1 atom stereocenters. The number of alkyl halides is 3. The number of nitrogen functional groups attached to an aromatic ring is 1. The molecule has 0 radical (unpaired) electrons. The van der Waals surface area contributed by atoms with Crippen molar-refractivity contribution in [3.8, 4) is 0 Å². The van der Waals surface area contributed by atoms with Crippen LogP contribution in [0.4, 0.5) is 24.5 Å². The predicted octanol–water partition coefficient (Wildman–Crippen LogP) is 2.73. The van der Waals surface area contributed by atoms with E-state index in [0.29, 0.717) is 6.61 Å². The lowest BCUT2D eigenvalue weighted by Gasteiger charge is -2.19. The Morgan fingerprint density at radius 3 is 2.59 bits per heavy atom. The number of anilines is 2.